The van der Waals surface area contributed by atoms with Gasteiger partial charge >= 0.3 is 0 Å². The Hall–Kier alpha value is -1.62. The van der Waals surface area contributed by atoms with Crippen LogP contribution in [-0.4, -0.2) is 15.1 Å². The molecule has 0 saturated heterocycles. The Bertz CT molecular complexity index is 457. The van der Waals surface area contributed by atoms with Crippen molar-refractivity contribution >= 4 is 17.4 Å². The summed E-state index contributed by atoms with van der Waals surface area (Å²) in [7, 11) is 0. The number of halogens is 1. The molecular weight excluding hydrogens is 216 g/mol. The zero-order chi connectivity index (χ0) is 10.7. The maximum absolute atomic E-state index is 5.70. The van der Waals surface area contributed by atoms with E-state index in [9.17, 15) is 0 Å². The average molecular weight is 225 g/mol. The predicted octanol–water partition coefficient (Wildman–Crippen LogP) is 2.04. The highest BCUT2D eigenvalue weighted by Gasteiger charge is 2.01. The highest BCUT2D eigenvalue weighted by Crippen LogP contribution is 2.10. The van der Waals surface area contributed by atoms with Gasteiger partial charge in [0, 0.05) is 12.1 Å². The number of hydrogen-bond acceptors (Lipinski definition) is 5. The van der Waals surface area contributed by atoms with Crippen LogP contribution in [0.5, 0.6) is 0 Å². The van der Waals surface area contributed by atoms with Gasteiger partial charge < -0.3 is 9.84 Å². The van der Waals surface area contributed by atoms with E-state index < -0.39 is 0 Å². The average Bonchev–Trinajstić information content (AvgIpc) is 2.62. The molecule has 15 heavy (non-hydrogen) atoms. The highest BCUT2D eigenvalue weighted by atomic mass is 35.5. The summed E-state index contributed by atoms with van der Waals surface area (Å²) in [6.07, 6.45) is 1.40. The van der Waals surface area contributed by atoms with Gasteiger partial charge in [0.2, 0.25) is 0 Å². The first-order valence-corrected chi connectivity index (χ1v) is 4.75. The lowest BCUT2D eigenvalue weighted by Crippen LogP contribution is -2.00. The van der Waals surface area contributed by atoms with E-state index in [1.807, 2.05) is 13.0 Å². The summed E-state index contributed by atoms with van der Waals surface area (Å²) in [4.78, 5) is 7.77. The van der Waals surface area contributed by atoms with Crippen LogP contribution < -0.4 is 5.32 Å². The molecule has 2 aromatic heterocycles. The second-order valence-electron chi connectivity index (χ2n) is 3.01. The van der Waals surface area contributed by atoms with Gasteiger partial charge in [-0.25, -0.2) is 9.97 Å². The highest BCUT2D eigenvalue weighted by molar-refractivity contribution is 6.29. The third kappa shape index (κ3) is 2.66. The second kappa shape index (κ2) is 4.27. The van der Waals surface area contributed by atoms with Gasteiger partial charge in [0.1, 0.15) is 17.3 Å². The molecule has 78 valence electrons. The summed E-state index contributed by atoms with van der Waals surface area (Å²) in [6, 6.07) is 3.50. The number of anilines is 1. The molecule has 2 heterocycles. The standard InChI is InChI=1S/C9H9ClN4O/c1-6-2-7(15-14-6)4-11-9-3-8(10)12-5-13-9/h2-3,5H,4H2,1H3,(H,11,12,13). The third-order valence-electron chi connectivity index (χ3n) is 1.75. The Kier molecular flexibility index (Phi) is 2.82. The maximum atomic E-state index is 5.70. The van der Waals surface area contributed by atoms with Crippen molar-refractivity contribution in [3.8, 4) is 0 Å². The van der Waals surface area contributed by atoms with E-state index in [4.69, 9.17) is 16.1 Å². The summed E-state index contributed by atoms with van der Waals surface area (Å²) in [5, 5.41) is 7.22. The van der Waals surface area contributed by atoms with Crippen molar-refractivity contribution in [3.63, 3.8) is 0 Å². The van der Waals surface area contributed by atoms with Gasteiger partial charge in [-0.15, -0.1) is 0 Å². The molecule has 0 spiro atoms. The molecule has 0 radical (unpaired) electrons. The van der Waals surface area contributed by atoms with Crippen molar-refractivity contribution < 1.29 is 4.52 Å². The molecule has 1 N–H and O–H groups in total. The van der Waals surface area contributed by atoms with E-state index in [-0.39, 0.29) is 0 Å². The molecule has 0 aliphatic heterocycles. The summed E-state index contributed by atoms with van der Waals surface area (Å²) in [6.45, 7) is 2.39. The number of nitrogens with zero attached hydrogens (tertiary/aromatic N) is 3. The van der Waals surface area contributed by atoms with Crippen molar-refractivity contribution in [3.05, 3.63) is 35.1 Å². The number of rotatable bonds is 3. The summed E-state index contributed by atoms with van der Waals surface area (Å²) < 4.78 is 5.03. The molecule has 6 heteroatoms. The van der Waals surface area contributed by atoms with E-state index in [0.717, 1.165) is 11.5 Å². The molecule has 5 nitrogen and oxygen atoms in total. The molecule has 2 rings (SSSR count). The Labute approximate surface area is 91.5 Å². The van der Waals surface area contributed by atoms with Crippen LogP contribution in [0.1, 0.15) is 11.5 Å². The van der Waals surface area contributed by atoms with Crippen molar-refractivity contribution in [2.24, 2.45) is 0 Å². The Balaban J connectivity index is 1.99. The lowest BCUT2D eigenvalue weighted by molar-refractivity contribution is 0.384. The lowest BCUT2D eigenvalue weighted by atomic mass is 10.4. The molecule has 2 aromatic rings. The first-order chi connectivity index (χ1) is 7.24. The van der Waals surface area contributed by atoms with Gasteiger partial charge in [-0.2, -0.15) is 0 Å². The molecular formula is C9H9ClN4O. The first kappa shape index (κ1) is 9.92. The van der Waals surface area contributed by atoms with Gasteiger partial charge in [0.15, 0.2) is 5.76 Å². The normalized spacial score (nSPS) is 10.3. The van der Waals surface area contributed by atoms with Gasteiger partial charge in [-0.3, -0.25) is 0 Å². The van der Waals surface area contributed by atoms with Crippen LogP contribution in [-0.2, 0) is 6.54 Å². The van der Waals surface area contributed by atoms with E-state index in [1.54, 1.807) is 6.07 Å². The molecule has 0 amide bonds. The van der Waals surface area contributed by atoms with Crippen LogP contribution in [0, 0.1) is 6.92 Å². The van der Waals surface area contributed by atoms with Gasteiger partial charge in [0.25, 0.3) is 0 Å². The Morgan fingerprint density at radius 2 is 2.27 bits per heavy atom. The summed E-state index contributed by atoms with van der Waals surface area (Å²) in [5.41, 5.74) is 0.854. The quantitative estimate of drug-likeness (QED) is 0.809. The van der Waals surface area contributed by atoms with Gasteiger partial charge in [-0.1, -0.05) is 16.8 Å². The second-order valence-corrected chi connectivity index (χ2v) is 3.40. The topological polar surface area (TPSA) is 63.8 Å². The molecule has 0 bridgehead atoms. The van der Waals surface area contributed by atoms with Crippen LogP contribution >= 0.6 is 11.6 Å². The predicted molar refractivity (Wildman–Crippen MR) is 55.6 cm³/mol. The van der Waals surface area contributed by atoms with Crippen molar-refractivity contribution in [1.29, 1.82) is 0 Å². The fraction of sp³-hybridized carbons (Fsp3) is 0.222. The van der Waals surface area contributed by atoms with Gasteiger partial charge in [-0.05, 0) is 6.92 Å². The molecule has 0 aliphatic carbocycles. The largest absolute Gasteiger partial charge is 0.363 e. The number of nitrogens with one attached hydrogen (secondary N) is 1. The molecule has 0 aliphatic rings. The molecule has 0 fully saturated rings. The van der Waals surface area contributed by atoms with Crippen LogP contribution in [0.15, 0.2) is 23.0 Å². The summed E-state index contributed by atoms with van der Waals surface area (Å²) in [5.74, 6) is 1.41. The van der Waals surface area contributed by atoms with Crippen molar-refractivity contribution in [2.45, 2.75) is 13.5 Å². The fourth-order valence-corrected chi connectivity index (χ4v) is 1.25. The van der Waals surface area contributed by atoms with E-state index >= 15 is 0 Å². The van der Waals surface area contributed by atoms with Crippen LogP contribution in [0.25, 0.3) is 0 Å². The Morgan fingerprint density at radius 3 is 2.93 bits per heavy atom. The van der Waals surface area contributed by atoms with Crippen molar-refractivity contribution in [2.75, 3.05) is 5.32 Å². The maximum Gasteiger partial charge on any atom is 0.156 e. The van der Waals surface area contributed by atoms with E-state index in [1.165, 1.54) is 6.33 Å². The first-order valence-electron chi connectivity index (χ1n) is 4.37. The minimum Gasteiger partial charge on any atom is -0.363 e. The fourth-order valence-electron chi connectivity index (χ4n) is 1.11. The third-order valence-corrected chi connectivity index (χ3v) is 1.96. The molecule has 0 atom stereocenters. The number of aromatic nitrogens is 3. The van der Waals surface area contributed by atoms with Gasteiger partial charge in [0.05, 0.1) is 12.2 Å². The number of hydrogen-bond donors (Lipinski definition) is 1. The van der Waals surface area contributed by atoms with E-state index in [0.29, 0.717) is 17.5 Å². The zero-order valence-corrected chi connectivity index (χ0v) is 8.82. The zero-order valence-electron chi connectivity index (χ0n) is 8.07. The SMILES string of the molecule is Cc1cc(CNc2cc(Cl)ncn2)on1. The minimum atomic E-state index is 0.404. The smallest absolute Gasteiger partial charge is 0.156 e. The number of aryl methyl sites for hydroxylation is 1. The minimum absolute atomic E-state index is 0.404. The van der Waals surface area contributed by atoms with Crippen LogP contribution in [0.2, 0.25) is 5.15 Å². The molecule has 0 saturated carbocycles. The Morgan fingerprint density at radius 1 is 1.40 bits per heavy atom. The lowest BCUT2D eigenvalue weighted by Gasteiger charge is -2.01. The van der Waals surface area contributed by atoms with E-state index in [2.05, 4.69) is 20.4 Å². The van der Waals surface area contributed by atoms with Crippen LogP contribution in [0.3, 0.4) is 0 Å². The monoisotopic (exact) mass is 224 g/mol. The molecule has 0 aromatic carbocycles. The summed E-state index contributed by atoms with van der Waals surface area (Å²) >= 11 is 5.70. The van der Waals surface area contributed by atoms with Crippen molar-refractivity contribution in [1.82, 2.24) is 15.1 Å². The molecule has 0 unspecified atom stereocenters. The van der Waals surface area contributed by atoms with Crippen LogP contribution in [0.4, 0.5) is 5.82 Å².